The van der Waals surface area contributed by atoms with E-state index in [0.717, 1.165) is 42.4 Å². The molecule has 3 N–H and O–H groups in total. The largest absolute Gasteiger partial charge is 0.415 e. The molecule has 2 aromatic heterocycles. The number of hydrogen-bond donors (Lipinski definition) is 2. The molecule has 2 heterocycles. The maximum absolute atomic E-state index is 12.7. The molecule has 9 heteroatoms. The Morgan fingerprint density at radius 1 is 1.10 bits per heavy atom. The normalized spacial score (nSPS) is 12.9. The average Bonchev–Trinajstić information content (AvgIpc) is 3.57. The molecule has 2 amide bonds. The number of imidazole rings is 1. The Hall–Kier alpha value is -3.69. The second kappa shape index (κ2) is 13.1. The van der Waals surface area contributed by atoms with Gasteiger partial charge in [0.25, 0.3) is 5.91 Å². The smallest absolute Gasteiger partial charge is 0.268 e. The zero-order chi connectivity index (χ0) is 30.5. The summed E-state index contributed by atoms with van der Waals surface area (Å²) in [5.41, 5.74) is 10.1. The Kier molecular flexibility index (Phi) is 9.73. The summed E-state index contributed by atoms with van der Waals surface area (Å²) in [5, 5.41) is 4.28. The van der Waals surface area contributed by atoms with Gasteiger partial charge in [-0.1, -0.05) is 56.7 Å². The van der Waals surface area contributed by atoms with Crippen LogP contribution in [0.3, 0.4) is 0 Å². The van der Waals surface area contributed by atoms with E-state index in [1.165, 1.54) is 11.1 Å². The molecular formula is C33H45N5O3Si. The van der Waals surface area contributed by atoms with Gasteiger partial charge in [-0.3, -0.25) is 9.59 Å². The lowest BCUT2D eigenvalue weighted by molar-refractivity contribution is -0.116. The van der Waals surface area contributed by atoms with Crippen molar-refractivity contribution in [2.24, 2.45) is 5.73 Å². The highest BCUT2D eigenvalue weighted by atomic mass is 28.4. The number of aromatic nitrogens is 3. The van der Waals surface area contributed by atoms with E-state index in [9.17, 15) is 9.59 Å². The van der Waals surface area contributed by atoms with Gasteiger partial charge in [-0.25, -0.2) is 4.98 Å². The first-order valence-corrected chi connectivity index (χ1v) is 17.6. The maximum atomic E-state index is 12.7. The van der Waals surface area contributed by atoms with Gasteiger partial charge < -0.3 is 24.6 Å². The molecule has 0 bridgehead atoms. The number of rotatable bonds is 13. The van der Waals surface area contributed by atoms with E-state index in [4.69, 9.17) is 10.2 Å². The van der Waals surface area contributed by atoms with Crippen molar-refractivity contribution in [3.63, 3.8) is 0 Å². The van der Waals surface area contributed by atoms with Crippen LogP contribution in [0.4, 0.5) is 5.69 Å². The Balaban J connectivity index is 1.42. The number of amides is 2. The van der Waals surface area contributed by atoms with Gasteiger partial charge in [0.15, 0.2) is 8.32 Å². The van der Waals surface area contributed by atoms with Gasteiger partial charge in [-0.05, 0) is 73.5 Å². The van der Waals surface area contributed by atoms with Crippen molar-refractivity contribution in [1.82, 2.24) is 14.1 Å². The van der Waals surface area contributed by atoms with Crippen molar-refractivity contribution in [3.8, 4) is 0 Å². The zero-order valence-electron chi connectivity index (χ0n) is 25.8. The minimum Gasteiger partial charge on any atom is -0.415 e. The highest BCUT2D eigenvalue weighted by molar-refractivity contribution is 6.74. The quantitative estimate of drug-likeness (QED) is 0.167. The third-order valence-electron chi connectivity index (χ3n) is 8.47. The van der Waals surface area contributed by atoms with Crippen LogP contribution in [0.1, 0.15) is 67.7 Å². The lowest BCUT2D eigenvalue weighted by Crippen LogP contribution is -2.42. The van der Waals surface area contributed by atoms with E-state index in [1.807, 2.05) is 22.8 Å². The summed E-state index contributed by atoms with van der Waals surface area (Å²) in [4.78, 5) is 28.6. The number of nitrogens with two attached hydrogens (primary N) is 1. The van der Waals surface area contributed by atoms with Gasteiger partial charge in [-0.15, -0.1) is 0 Å². The molecular weight excluding hydrogens is 542 g/mol. The van der Waals surface area contributed by atoms with E-state index < -0.39 is 14.2 Å². The molecule has 0 aliphatic carbocycles. The molecule has 4 aromatic rings. The van der Waals surface area contributed by atoms with Crippen LogP contribution in [-0.4, -0.2) is 40.9 Å². The van der Waals surface area contributed by atoms with E-state index >= 15 is 0 Å². The fourth-order valence-corrected chi connectivity index (χ4v) is 5.72. The van der Waals surface area contributed by atoms with Crippen molar-refractivity contribution in [1.29, 1.82) is 0 Å². The molecule has 42 heavy (non-hydrogen) atoms. The van der Waals surface area contributed by atoms with Crippen LogP contribution in [-0.2, 0) is 22.2 Å². The number of benzene rings is 2. The van der Waals surface area contributed by atoms with Crippen LogP contribution in [0.2, 0.25) is 18.1 Å². The number of fused-ring (bicyclic) bond motifs is 1. The van der Waals surface area contributed by atoms with Gasteiger partial charge in [0, 0.05) is 31.0 Å². The topological polar surface area (TPSA) is 104 Å². The third-order valence-corrected chi connectivity index (χ3v) is 13.0. The molecule has 0 saturated carbocycles. The molecule has 4 rings (SSSR count). The van der Waals surface area contributed by atoms with Crippen LogP contribution in [0, 0.1) is 6.92 Å². The van der Waals surface area contributed by atoms with Crippen LogP contribution < -0.4 is 11.1 Å². The molecule has 0 aliphatic heterocycles. The van der Waals surface area contributed by atoms with Crippen LogP contribution >= 0.6 is 0 Å². The first kappa shape index (κ1) is 31.2. The number of nitrogens with zero attached hydrogens (tertiary/aromatic N) is 3. The van der Waals surface area contributed by atoms with Gasteiger partial charge in [0.2, 0.25) is 5.91 Å². The van der Waals surface area contributed by atoms with E-state index in [-0.39, 0.29) is 22.7 Å². The highest BCUT2D eigenvalue weighted by Gasteiger charge is 2.37. The minimum absolute atomic E-state index is 0.0198. The fourth-order valence-electron chi connectivity index (χ4n) is 4.68. The van der Waals surface area contributed by atoms with E-state index in [0.29, 0.717) is 13.0 Å². The summed E-state index contributed by atoms with van der Waals surface area (Å²) in [5.74, 6) is -0.522. The number of carbonyl (C=O) groups excluding carboxylic acids is 2. The van der Waals surface area contributed by atoms with Crippen molar-refractivity contribution in [2.45, 2.75) is 84.1 Å². The van der Waals surface area contributed by atoms with E-state index in [2.05, 4.69) is 92.2 Å². The number of aryl methyl sites for hydroxylation is 3. The van der Waals surface area contributed by atoms with Crippen LogP contribution in [0.15, 0.2) is 67.3 Å². The van der Waals surface area contributed by atoms with Crippen LogP contribution in [0.5, 0.6) is 0 Å². The van der Waals surface area contributed by atoms with Gasteiger partial charge >= 0.3 is 0 Å². The Morgan fingerprint density at radius 3 is 2.50 bits per heavy atom. The molecule has 8 nitrogen and oxygen atoms in total. The maximum Gasteiger partial charge on any atom is 0.268 e. The number of hydrogen-bond acceptors (Lipinski definition) is 4. The molecule has 0 fully saturated rings. The Bertz CT molecular complexity index is 1510. The molecule has 0 saturated heterocycles. The number of carbonyl (C=O) groups is 2. The standard InChI is InChI=1S/C33H45N5O3Si/c1-24-10-12-25(13-11-24)8-7-9-31(39)36-27-15-14-26-16-18-37(30(26)20-27)19-17-28(22-41-42(5,6)33(2,3)4)38-21-29(32(34)40)35-23-38/h10-16,18,20-21,23,28H,7-9,17,19,22H2,1-6H3,(H2,34,40)(H,36,39). The van der Waals surface area contributed by atoms with Crippen molar-refractivity contribution in [2.75, 3.05) is 11.9 Å². The SMILES string of the molecule is Cc1ccc(CCCC(=O)Nc2ccc3ccn(CCC(CO[Si](C)(C)C(C)(C)C)n4cnc(C(N)=O)c4)c3c2)cc1. The summed E-state index contributed by atoms with van der Waals surface area (Å²) in [7, 11) is -1.98. The third kappa shape index (κ3) is 7.98. The molecule has 0 aliphatic rings. The number of nitrogens with one attached hydrogen (secondary N) is 1. The van der Waals surface area contributed by atoms with E-state index in [1.54, 1.807) is 12.5 Å². The minimum atomic E-state index is -1.98. The molecule has 0 spiro atoms. The van der Waals surface area contributed by atoms with Gasteiger partial charge in [-0.2, -0.15) is 0 Å². The molecule has 1 unspecified atom stereocenters. The van der Waals surface area contributed by atoms with Gasteiger partial charge in [0.05, 0.1) is 24.5 Å². The fraction of sp³-hybridized carbons (Fsp3) is 0.424. The number of anilines is 1. The Morgan fingerprint density at radius 2 is 1.83 bits per heavy atom. The van der Waals surface area contributed by atoms with Crippen molar-refractivity contribution >= 4 is 36.7 Å². The second-order valence-corrected chi connectivity index (χ2v) is 17.6. The van der Waals surface area contributed by atoms with Crippen molar-refractivity contribution < 1.29 is 14.0 Å². The summed E-state index contributed by atoms with van der Waals surface area (Å²) >= 11 is 0. The van der Waals surface area contributed by atoms with Gasteiger partial charge in [0.1, 0.15) is 5.69 Å². The molecule has 1 atom stereocenters. The number of primary amides is 1. The lowest BCUT2D eigenvalue weighted by atomic mass is 10.1. The van der Waals surface area contributed by atoms with Crippen molar-refractivity contribution in [3.05, 3.63) is 84.1 Å². The molecule has 0 radical (unpaired) electrons. The summed E-state index contributed by atoms with van der Waals surface area (Å²) in [6.07, 6.45) is 8.38. The molecule has 224 valence electrons. The summed E-state index contributed by atoms with van der Waals surface area (Å²) in [6.45, 7) is 14.5. The molecule has 2 aromatic carbocycles. The first-order valence-electron chi connectivity index (χ1n) is 14.7. The predicted octanol–water partition coefficient (Wildman–Crippen LogP) is 6.86. The zero-order valence-corrected chi connectivity index (χ0v) is 26.8. The predicted molar refractivity (Wildman–Crippen MR) is 172 cm³/mol. The second-order valence-electron chi connectivity index (χ2n) is 12.8. The summed E-state index contributed by atoms with van der Waals surface area (Å²) < 4.78 is 10.7. The highest BCUT2D eigenvalue weighted by Crippen LogP contribution is 2.37. The average molecular weight is 588 g/mol. The Labute approximate surface area is 250 Å². The lowest BCUT2D eigenvalue weighted by Gasteiger charge is -2.37. The first-order chi connectivity index (χ1) is 19.8. The summed E-state index contributed by atoms with van der Waals surface area (Å²) in [6, 6.07) is 16.6. The monoisotopic (exact) mass is 587 g/mol. The van der Waals surface area contributed by atoms with Crippen LogP contribution in [0.25, 0.3) is 10.9 Å².